The Morgan fingerprint density at radius 2 is 1.79 bits per heavy atom. The first kappa shape index (κ1) is 25.3. The summed E-state index contributed by atoms with van der Waals surface area (Å²) in [5, 5.41) is 2.87. The summed E-state index contributed by atoms with van der Waals surface area (Å²) in [5.74, 6) is -0.264. The highest BCUT2D eigenvalue weighted by molar-refractivity contribution is 7.89. The molecule has 0 aromatic heterocycles. The van der Waals surface area contributed by atoms with Crippen LogP contribution < -0.4 is 10.1 Å². The third kappa shape index (κ3) is 5.78. The van der Waals surface area contributed by atoms with Gasteiger partial charge in [0.05, 0.1) is 12.5 Å². The Bertz CT molecular complexity index is 942. The lowest BCUT2D eigenvalue weighted by atomic mass is 9.97. The largest absolute Gasteiger partial charge is 0.492 e. The molecule has 2 aliphatic rings. The van der Waals surface area contributed by atoms with E-state index in [9.17, 15) is 18.0 Å². The molecule has 3 rings (SSSR count). The summed E-state index contributed by atoms with van der Waals surface area (Å²) in [5.41, 5.74) is 0.411. The van der Waals surface area contributed by atoms with Gasteiger partial charge in [0.2, 0.25) is 15.9 Å². The number of amides is 3. The molecule has 0 unspecified atom stereocenters. The van der Waals surface area contributed by atoms with Gasteiger partial charge in [-0.05, 0) is 64.7 Å². The van der Waals surface area contributed by atoms with Gasteiger partial charge in [0.25, 0.3) is 0 Å². The van der Waals surface area contributed by atoms with E-state index in [1.165, 1.54) is 10.4 Å². The normalized spacial score (nSPS) is 19.4. The number of carbonyl (C=O) groups is 2. The molecule has 2 saturated heterocycles. The van der Waals surface area contributed by atoms with Crippen LogP contribution in [-0.2, 0) is 14.8 Å². The number of piperidine rings is 1. The molecule has 3 amide bonds. The molecule has 9 nitrogen and oxygen atoms in total. The first-order valence-electron chi connectivity index (χ1n) is 11.9. The lowest BCUT2D eigenvalue weighted by Crippen LogP contribution is -2.49. The van der Waals surface area contributed by atoms with E-state index in [2.05, 4.69) is 5.32 Å². The first-order chi connectivity index (χ1) is 15.8. The van der Waals surface area contributed by atoms with Crippen molar-refractivity contribution >= 4 is 27.6 Å². The summed E-state index contributed by atoms with van der Waals surface area (Å²) in [6.45, 7) is 9.25. The molecule has 1 aromatic carbocycles. The van der Waals surface area contributed by atoms with Gasteiger partial charge in [0, 0.05) is 45.0 Å². The second kappa shape index (κ2) is 11.2. The summed E-state index contributed by atoms with van der Waals surface area (Å²) in [6.07, 6.45) is 3.11. The second-order valence-electron chi connectivity index (χ2n) is 8.44. The van der Waals surface area contributed by atoms with E-state index in [0.29, 0.717) is 58.0 Å². The minimum atomic E-state index is -3.71. The van der Waals surface area contributed by atoms with Crippen molar-refractivity contribution in [3.05, 3.63) is 18.2 Å². The van der Waals surface area contributed by atoms with Gasteiger partial charge in [0.15, 0.2) is 0 Å². The Labute approximate surface area is 197 Å². The molecule has 0 bridgehead atoms. The fraction of sp³-hybridized carbons (Fsp3) is 0.652. The fourth-order valence-corrected chi connectivity index (χ4v) is 6.11. The molecule has 2 fully saturated rings. The van der Waals surface area contributed by atoms with Crippen LogP contribution in [0.2, 0.25) is 0 Å². The molecule has 0 spiro atoms. The first-order valence-corrected chi connectivity index (χ1v) is 13.4. The van der Waals surface area contributed by atoms with E-state index in [1.54, 1.807) is 28.9 Å². The lowest BCUT2D eigenvalue weighted by molar-refractivity contribution is -0.121. The van der Waals surface area contributed by atoms with Crippen molar-refractivity contribution in [1.29, 1.82) is 0 Å². The second-order valence-corrected chi connectivity index (χ2v) is 10.3. The van der Waals surface area contributed by atoms with E-state index in [0.717, 1.165) is 19.3 Å². The van der Waals surface area contributed by atoms with Crippen LogP contribution in [0.25, 0.3) is 0 Å². The van der Waals surface area contributed by atoms with E-state index in [4.69, 9.17) is 4.74 Å². The summed E-state index contributed by atoms with van der Waals surface area (Å²) >= 11 is 0. The zero-order valence-corrected chi connectivity index (χ0v) is 20.7. The number of urea groups is 1. The molecule has 33 heavy (non-hydrogen) atoms. The van der Waals surface area contributed by atoms with Gasteiger partial charge in [-0.15, -0.1) is 0 Å². The molecule has 10 heteroatoms. The van der Waals surface area contributed by atoms with Gasteiger partial charge < -0.3 is 19.9 Å². The summed E-state index contributed by atoms with van der Waals surface area (Å²) in [7, 11) is -3.71. The topological polar surface area (TPSA) is 99.3 Å². The maximum atomic E-state index is 13.2. The van der Waals surface area contributed by atoms with Crippen LogP contribution in [0.5, 0.6) is 5.75 Å². The molecular weight excluding hydrogens is 444 g/mol. The van der Waals surface area contributed by atoms with E-state index in [1.807, 2.05) is 13.8 Å². The average Bonchev–Trinajstić information content (AvgIpc) is 3.37. The Hall–Kier alpha value is -2.33. The van der Waals surface area contributed by atoms with Crippen LogP contribution in [0.15, 0.2) is 23.1 Å². The maximum absolute atomic E-state index is 13.2. The average molecular weight is 481 g/mol. The number of carbonyl (C=O) groups excluding carboxylic acids is 2. The Balaban J connectivity index is 1.76. The Morgan fingerprint density at radius 1 is 1.09 bits per heavy atom. The molecule has 0 saturated carbocycles. The van der Waals surface area contributed by atoms with Crippen molar-refractivity contribution in [1.82, 2.24) is 14.1 Å². The van der Waals surface area contributed by atoms with Crippen LogP contribution >= 0.6 is 0 Å². The molecule has 1 N–H and O–H groups in total. The van der Waals surface area contributed by atoms with Gasteiger partial charge in [-0.1, -0.05) is 0 Å². The summed E-state index contributed by atoms with van der Waals surface area (Å²) in [4.78, 5) is 29.3. The SMILES string of the molecule is CCOc1ccc(NC(=O)[C@@H]2CCCN(C(=O)N(CC)CC)C2)cc1S(=O)(=O)N1CCCC1. The number of benzene rings is 1. The maximum Gasteiger partial charge on any atom is 0.320 e. The molecule has 1 aromatic rings. The van der Waals surface area contributed by atoms with E-state index in [-0.39, 0.29) is 28.5 Å². The number of anilines is 1. The van der Waals surface area contributed by atoms with E-state index < -0.39 is 10.0 Å². The molecule has 184 valence electrons. The predicted octanol–water partition coefficient (Wildman–Crippen LogP) is 2.98. The van der Waals surface area contributed by atoms with Crippen molar-refractivity contribution in [3.63, 3.8) is 0 Å². The molecule has 2 aliphatic heterocycles. The van der Waals surface area contributed by atoms with Gasteiger partial charge in [-0.2, -0.15) is 4.31 Å². The molecular formula is C23H36N4O5S. The predicted molar refractivity (Wildman–Crippen MR) is 127 cm³/mol. The van der Waals surface area contributed by atoms with Crippen LogP contribution in [0.1, 0.15) is 46.5 Å². The number of nitrogens with one attached hydrogen (secondary N) is 1. The molecule has 0 radical (unpaired) electrons. The van der Waals surface area contributed by atoms with Crippen molar-refractivity contribution in [2.24, 2.45) is 5.92 Å². The number of rotatable bonds is 8. The van der Waals surface area contributed by atoms with Gasteiger partial charge in [0.1, 0.15) is 10.6 Å². The number of hydrogen-bond donors (Lipinski definition) is 1. The Morgan fingerprint density at radius 3 is 2.42 bits per heavy atom. The van der Waals surface area contributed by atoms with Crippen LogP contribution in [-0.4, -0.2) is 80.3 Å². The highest BCUT2D eigenvalue weighted by Gasteiger charge is 2.32. The van der Waals surface area contributed by atoms with Crippen molar-refractivity contribution in [2.75, 3.05) is 51.2 Å². The minimum Gasteiger partial charge on any atom is -0.492 e. The van der Waals surface area contributed by atoms with Crippen LogP contribution in [0.4, 0.5) is 10.5 Å². The standard InChI is InChI=1S/C23H36N4O5S/c1-4-25(5-2)23(29)26-13-9-10-18(17-26)22(28)24-19-11-12-20(32-6-3)21(16-19)33(30,31)27-14-7-8-15-27/h11-12,16,18H,4-10,13-15,17H2,1-3H3,(H,24,28)/t18-/m1/s1. The zero-order chi connectivity index (χ0) is 24.0. The third-order valence-corrected chi connectivity index (χ3v) is 8.21. The van der Waals surface area contributed by atoms with E-state index >= 15 is 0 Å². The quantitative estimate of drug-likeness (QED) is 0.617. The van der Waals surface area contributed by atoms with Crippen LogP contribution in [0, 0.1) is 5.92 Å². The highest BCUT2D eigenvalue weighted by Crippen LogP contribution is 2.32. The van der Waals surface area contributed by atoms with Crippen LogP contribution in [0.3, 0.4) is 0 Å². The summed E-state index contributed by atoms with van der Waals surface area (Å²) in [6, 6.07) is 4.70. The number of sulfonamides is 1. The zero-order valence-electron chi connectivity index (χ0n) is 19.9. The third-order valence-electron chi connectivity index (χ3n) is 6.29. The fourth-order valence-electron chi connectivity index (χ4n) is 4.43. The number of hydrogen-bond acceptors (Lipinski definition) is 5. The smallest absolute Gasteiger partial charge is 0.320 e. The van der Waals surface area contributed by atoms with Crippen molar-refractivity contribution in [2.45, 2.75) is 51.3 Å². The molecule has 0 aliphatic carbocycles. The number of likely N-dealkylation sites (tertiary alicyclic amines) is 1. The molecule has 1 atom stereocenters. The minimum absolute atomic E-state index is 0.0439. The monoisotopic (exact) mass is 480 g/mol. The highest BCUT2D eigenvalue weighted by atomic mass is 32.2. The molecule has 2 heterocycles. The lowest BCUT2D eigenvalue weighted by Gasteiger charge is -2.35. The van der Waals surface area contributed by atoms with Crippen molar-refractivity contribution in [3.8, 4) is 5.75 Å². The van der Waals surface area contributed by atoms with Gasteiger partial charge in [-0.3, -0.25) is 4.79 Å². The van der Waals surface area contributed by atoms with Gasteiger partial charge in [-0.25, -0.2) is 13.2 Å². The number of nitrogens with zero attached hydrogens (tertiary/aromatic N) is 3. The van der Waals surface area contributed by atoms with Crippen molar-refractivity contribution < 1.29 is 22.7 Å². The number of ether oxygens (including phenoxy) is 1. The van der Waals surface area contributed by atoms with Gasteiger partial charge >= 0.3 is 6.03 Å². The Kier molecular flexibility index (Phi) is 8.58. The summed E-state index contributed by atoms with van der Waals surface area (Å²) < 4.78 is 33.4.